The summed E-state index contributed by atoms with van der Waals surface area (Å²) < 4.78 is 10.0. The molecule has 1 amide bonds. The Kier molecular flexibility index (Phi) is 6.20. The number of thiophene rings is 1. The molecule has 0 unspecified atom stereocenters. The Morgan fingerprint density at radius 1 is 1.16 bits per heavy atom. The lowest BCUT2D eigenvalue weighted by atomic mass is 10.0. The normalized spacial score (nSPS) is 12.3. The Bertz CT molecular complexity index is 702. The van der Waals surface area contributed by atoms with Crippen LogP contribution < -0.4 is 5.32 Å². The number of rotatable bonds is 5. The summed E-state index contributed by atoms with van der Waals surface area (Å²) in [7, 11) is 1.30. The molecule has 0 aliphatic carbocycles. The van der Waals surface area contributed by atoms with Crippen LogP contribution in [-0.4, -0.2) is 30.8 Å². The lowest BCUT2D eigenvalue weighted by molar-refractivity contribution is -0.143. The fourth-order valence-electron chi connectivity index (χ4n) is 2.27. The van der Waals surface area contributed by atoms with Crippen LogP contribution in [0, 0.1) is 0 Å². The maximum Gasteiger partial charge on any atom is 0.408 e. The molecule has 6 heteroatoms. The Labute approximate surface area is 152 Å². The van der Waals surface area contributed by atoms with Crippen molar-refractivity contribution in [2.24, 2.45) is 0 Å². The molecule has 0 aliphatic rings. The van der Waals surface area contributed by atoms with E-state index in [0.29, 0.717) is 6.42 Å². The number of amides is 1. The van der Waals surface area contributed by atoms with Crippen LogP contribution in [-0.2, 0) is 20.7 Å². The van der Waals surface area contributed by atoms with E-state index >= 15 is 0 Å². The molecule has 1 aromatic carbocycles. The van der Waals surface area contributed by atoms with Gasteiger partial charge in [0.2, 0.25) is 0 Å². The maximum absolute atomic E-state index is 12.0. The average molecular weight is 361 g/mol. The molecule has 0 bridgehead atoms. The van der Waals surface area contributed by atoms with E-state index in [1.807, 2.05) is 35.7 Å². The molecule has 25 heavy (non-hydrogen) atoms. The number of nitrogens with one attached hydrogen (secondary N) is 1. The molecule has 5 nitrogen and oxygen atoms in total. The first-order chi connectivity index (χ1) is 11.8. The number of methoxy groups -OCH3 is 1. The number of carbonyl (C=O) groups excluding carboxylic acids is 2. The van der Waals surface area contributed by atoms with Gasteiger partial charge in [0.05, 0.1) is 7.11 Å². The van der Waals surface area contributed by atoms with E-state index in [2.05, 4.69) is 11.4 Å². The summed E-state index contributed by atoms with van der Waals surface area (Å²) in [5.41, 5.74) is 1.41. The van der Waals surface area contributed by atoms with Crippen molar-refractivity contribution in [1.82, 2.24) is 5.32 Å². The molecule has 2 aromatic rings. The Balaban J connectivity index is 2.06. The SMILES string of the molecule is COC(=O)[C@H](Cc1ccc(-c2cccs2)cc1)NC(=O)OC(C)(C)C. The summed E-state index contributed by atoms with van der Waals surface area (Å²) in [5.74, 6) is -0.506. The quantitative estimate of drug-likeness (QED) is 0.817. The standard InChI is InChI=1S/C19H23NO4S/c1-19(2,3)24-18(22)20-15(17(21)23-4)12-13-7-9-14(10-8-13)16-6-5-11-25-16/h5-11,15H,12H2,1-4H3,(H,20,22)/t15-/m0/s1. The predicted octanol–water partition coefficient (Wildman–Crippen LogP) is 4.02. The Morgan fingerprint density at radius 2 is 1.84 bits per heavy atom. The highest BCUT2D eigenvalue weighted by Gasteiger charge is 2.25. The number of benzene rings is 1. The lowest BCUT2D eigenvalue weighted by Gasteiger charge is -2.22. The summed E-state index contributed by atoms with van der Waals surface area (Å²) in [4.78, 5) is 25.1. The van der Waals surface area contributed by atoms with Crippen LogP contribution in [0.5, 0.6) is 0 Å². The van der Waals surface area contributed by atoms with Crippen molar-refractivity contribution < 1.29 is 19.1 Å². The van der Waals surface area contributed by atoms with Gasteiger partial charge in [-0.05, 0) is 43.3 Å². The van der Waals surface area contributed by atoms with Gasteiger partial charge in [0, 0.05) is 11.3 Å². The van der Waals surface area contributed by atoms with Crippen LogP contribution in [0.3, 0.4) is 0 Å². The Hall–Kier alpha value is -2.34. The summed E-state index contributed by atoms with van der Waals surface area (Å²) in [6, 6.07) is 11.2. The molecule has 0 saturated carbocycles. The van der Waals surface area contributed by atoms with E-state index in [1.165, 1.54) is 12.0 Å². The summed E-state index contributed by atoms with van der Waals surface area (Å²) in [5, 5.41) is 4.61. The van der Waals surface area contributed by atoms with E-state index < -0.39 is 23.7 Å². The molecule has 0 aliphatic heterocycles. The van der Waals surface area contributed by atoms with E-state index in [1.54, 1.807) is 32.1 Å². The molecule has 0 fully saturated rings. The van der Waals surface area contributed by atoms with Gasteiger partial charge in [-0.15, -0.1) is 11.3 Å². The largest absolute Gasteiger partial charge is 0.467 e. The van der Waals surface area contributed by atoms with Crippen molar-refractivity contribution in [2.45, 2.75) is 38.8 Å². The number of hydrogen-bond acceptors (Lipinski definition) is 5. The first-order valence-corrected chi connectivity index (χ1v) is 8.86. The van der Waals surface area contributed by atoms with Crippen molar-refractivity contribution in [2.75, 3.05) is 7.11 Å². The third kappa shape index (κ3) is 5.90. The smallest absolute Gasteiger partial charge is 0.408 e. The summed E-state index contributed by atoms with van der Waals surface area (Å²) in [6.45, 7) is 5.30. The van der Waals surface area contributed by atoms with Gasteiger partial charge in [0.25, 0.3) is 0 Å². The van der Waals surface area contributed by atoms with Crippen molar-refractivity contribution >= 4 is 23.4 Å². The average Bonchev–Trinajstić information content (AvgIpc) is 3.07. The zero-order valence-electron chi connectivity index (χ0n) is 14.9. The minimum atomic E-state index is -0.799. The number of ether oxygens (including phenoxy) is 2. The van der Waals surface area contributed by atoms with Gasteiger partial charge >= 0.3 is 12.1 Å². The molecular formula is C19H23NO4S. The second-order valence-electron chi connectivity index (χ2n) is 6.60. The molecule has 1 heterocycles. The summed E-state index contributed by atoms with van der Waals surface area (Å²) >= 11 is 1.67. The van der Waals surface area contributed by atoms with Crippen molar-refractivity contribution in [1.29, 1.82) is 0 Å². The number of hydrogen-bond donors (Lipinski definition) is 1. The van der Waals surface area contributed by atoms with Crippen LogP contribution in [0.2, 0.25) is 0 Å². The van der Waals surface area contributed by atoms with Gasteiger partial charge in [-0.3, -0.25) is 0 Å². The highest BCUT2D eigenvalue weighted by Crippen LogP contribution is 2.25. The molecule has 1 aromatic heterocycles. The zero-order valence-corrected chi connectivity index (χ0v) is 15.7. The predicted molar refractivity (Wildman–Crippen MR) is 98.6 cm³/mol. The molecule has 0 radical (unpaired) electrons. The van der Waals surface area contributed by atoms with Gasteiger partial charge in [0.15, 0.2) is 0 Å². The first-order valence-electron chi connectivity index (χ1n) is 7.98. The second-order valence-corrected chi connectivity index (χ2v) is 7.55. The monoisotopic (exact) mass is 361 g/mol. The number of esters is 1. The van der Waals surface area contributed by atoms with Crippen LogP contribution in [0.4, 0.5) is 4.79 Å². The molecule has 2 rings (SSSR count). The van der Waals surface area contributed by atoms with E-state index in [0.717, 1.165) is 11.1 Å². The fraction of sp³-hybridized carbons (Fsp3) is 0.368. The molecule has 134 valence electrons. The zero-order chi connectivity index (χ0) is 18.4. The lowest BCUT2D eigenvalue weighted by Crippen LogP contribution is -2.45. The molecular weight excluding hydrogens is 338 g/mol. The van der Waals surface area contributed by atoms with Crippen molar-refractivity contribution in [3.8, 4) is 10.4 Å². The highest BCUT2D eigenvalue weighted by atomic mass is 32.1. The van der Waals surface area contributed by atoms with Crippen LogP contribution in [0.25, 0.3) is 10.4 Å². The Morgan fingerprint density at radius 3 is 2.36 bits per heavy atom. The van der Waals surface area contributed by atoms with Gasteiger partial charge in [0.1, 0.15) is 11.6 Å². The van der Waals surface area contributed by atoms with E-state index in [-0.39, 0.29) is 0 Å². The number of carbonyl (C=O) groups is 2. The number of alkyl carbamates (subject to hydrolysis) is 1. The van der Waals surface area contributed by atoms with E-state index in [4.69, 9.17) is 9.47 Å². The summed E-state index contributed by atoms with van der Waals surface area (Å²) in [6.07, 6.45) is -0.311. The minimum absolute atomic E-state index is 0.330. The molecule has 1 N–H and O–H groups in total. The fourth-order valence-corrected chi connectivity index (χ4v) is 3.00. The van der Waals surface area contributed by atoms with Crippen molar-refractivity contribution in [3.05, 3.63) is 47.3 Å². The van der Waals surface area contributed by atoms with E-state index in [9.17, 15) is 9.59 Å². The van der Waals surface area contributed by atoms with Gasteiger partial charge in [-0.25, -0.2) is 9.59 Å². The second kappa shape index (κ2) is 8.16. The third-order valence-electron chi connectivity index (χ3n) is 3.38. The molecule has 1 atom stereocenters. The van der Waals surface area contributed by atoms with Crippen LogP contribution >= 0.6 is 11.3 Å². The third-order valence-corrected chi connectivity index (χ3v) is 4.30. The van der Waals surface area contributed by atoms with Crippen LogP contribution in [0.1, 0.15) is 26.3 Å². The first kappa shape index (κ1) is 19.0. The highest BCUT2D eigenvalue weighted by molar-refractivity contribution is 7.13. The minimum Gasteiger partial charge on any atom is -0.467 e. The van der Waals surface area contributed by atoms with Gasteiger partial charge in [-0.1, -0.05) is 30.3 Å². The van der Waals surface area contributed by atoms with Gasteiger partial charge in [-0.2, -0.15) is 0 Å². The van der Waals surface area contributed by atoms with Crippen LogP contribution in [0.15, 0.2) is 41.8 Å². The molecule has 0 spiro atoms. The maximum atomic E-state index is 12.0. The topological polar surface area (TPSA) is 64.6 Å². The van der Waals surface area contributed by atoms with Gasteiger partial charge < -0.3 is 14.8 Å². The molecule has 0 saturated heterocycles. The van der Waals surface area contributed by atoms with Crippen molar-refractivity contribution in [3.63, 3.8) is 0 Å².